The third-order valence-electron chi connectivity index (χ3n) is 4.48. The third kappa shape index (κ3) is 4.02. The molecule has 1 atom stereocenters. The van der Waals surface area contributed by atoms with Gasteiger partial charge in [0.1, 0.15) is 0 Å². The molecule has 21 heavy (non-hydrogen) atoms. The number of nitro benzene ring substituents is 1. The van der Waals surface area contributed by atoms with E-state index < -0.39 is 0 Å². The first-order valence-electron chi connectivity index (χ1n) is 7.93. The van der Waals surface area contributed by atoms with E-state index in [-0.39, 0.29) is 10.6 Å². The van der Waals surface area contributed by atoms with Gasteiger partial charge in [-0.15, -0.1) is 0 Å². The Morgan fingerprint density at radius 1 is 1.29 bits per heavy atom. The molecule has 0 radical (unpaired) electrons. The van der Waals surface area contributed by atoms with Crippen molar-refractivity contribution in [2.45, 2.75) is 50.7 Å². The summed E-state index contributed by atoms with van der Waals surface area (Å²) < 4.78 is 0. The Morgan fingerprint density at radius 2 is 2.14 bits per heavy atom. The van der Waals surface area contributed by atoms with Gasteiger partial charge in [-0.25, -0.2) is 0 Å². The lowest BCUT2D eigenvalue weighted by molar-refractivity contribution is -0.384. The van der Waals surface area contributed by atoms with Crippen LogP contribution in [0.25, 0.3) is 0 Å². The molecule has 1 heterocycles. The van der Waals surface area contributed by atoms with Crippen LogP contribution < -0.4 is 5.32 Å². The van der Waals surface area contributed by atoms with Crippen LogP contribution in [0.3, 0.4) is 0 Å². The van der Waals surface area contributed by atoms with Crippen LogP contribution in [0.15, 0.2) is 24.3 Å². The van der Waals surface area contributed by atoms with Gasteiger partial charge in [0.2, 0.25) is 0 Å². The SMILES string of the molecule is O=[N+]([O-])c1cccc(CN2CCCCC2CNC2CC2)c1. The molecule has 2 fully saturated rings. The van der Waals surface area contributed by atoms with E-state index in [4.69, 9.17) is 0 Å². The number of rotatable bonds is 6. The first kappa shape index (κ1) is 14.5. The topological polar surface area (TPSA) is 58.4 Å². The molecule has 1 saturated carbocycles. The molecule has 0 aromatic heterocycles. The van der Waals surface area contributed by atoms with E-state index >= 15 is 0 Å². The van der Waals surface area contributed by atoms with E-state index in [0.717, 1.165) is 31.2 Å². The van der Waals surface area contributed by atoms with Crippen molar-refractivity contribution in [1.82, 2.24) is 10.2 Å². The number of non-ortho nitro benzene ring substituents is 1. The molecule has 1 aliphatic carbocycles. The fourth-order valence-corrected chi connectivity index (χ4v) is 3.09. The van der Waals surface area contributed by atoms with Crippen LogP contribution in [0, 0.1) is 10.1 Å². The molecule has 114 valence electrons. The molecule has 1 aliphatic heterocycles. The van der Waals surface area contributed by atoms with E-state index in [1.54, 1.807) is 18.2 Å². The van der Waals surface area contributed by atoms with Crippen molar-refractivity contribution in [3.05, 3.63) is 39.9 Å². The maximum Gasteiger partial charge on any atom is 0.269 e. The Hall–Kier alpha value is -1.46. The van der Waals surface area contributed by atoms with Crippen LogP contribution in [0.4, 0.5) is 5.69 Å². The van der Waals surface area contributed by atoms with Crippen molar-refractivity contribution >= 4 is 5.69 Å². The molecular formula is C16H23N3O2. The maximum absolute atomic E-state index is 10.9. The monoisotopic (exact) mass is 289 g/mol. The highest BCUT2D eigenvalue weighted by atomic mass is 16.6. The molecule has 1 unspecified atom stereocenters. The molecule has 1 aromatic rings. The van der Waals surface area contributed by atoms with Gasteiger partial charge in [-0.1, -0.05) is 18.6 Å². The number of nitrogens with one attached hydrogen (secondary N) is 1. The molecule has 1 saturated heterocycles. The van der Waals surface area contributed by atoms with E-state index in [9.17, 15) is 10.1 Å². The molecule has 1 aromatic carbocycles. The number of hydrogen-bond donors (Lipinski definition) is 1. The number of likely N-dealkylation sites (tertiary alicyclic amines) is 1. The highest BCUT2D eigenvalue weighted by Crippen LogP contribution is 2.23. The van der Waals surface area contributed by atoms with Crippen molar-refractivity contribution in [2.24, 2.45) is 0 Å². The molecule has 2 aliphatic rings. The second-order valence-electron chi connectivity index (χ2n) is 6.23. The van der Waals surface area contributed by atoms with Crippen LogP contribution in [0.2, 0.25) is 0 Å². The summed E-state index contributed by atoms with van der Waals surface area (Å²) in [5, 5.41) is 14.5. The predicted octanol–water partition coefficient (Wildman–Crippen LogP) is 2.70. The van der Waals surface area contributed by atoms with Crippen molar-refractivity contribution in [1.29, 1.82) is 0 Å². The summed E-state index contributed by atoms with van der Waals surface area (Å²) in [6.07, 6.45) is 6.39. The van der Waals surface area contributed by atoms with Crippen LogP contribution in [-0.2, 0) is 6.54 Å². The number of piperidine rings is 1. The first-order valence-corrected chi connectivity index (χ1v) is 7.93. The average Bonchev–Trinajstić information content (AvgIpc) is 3.31. The van der Waals surface area contributed by atoms with Gasteiger partial charge in [0.15, 0.2) is 0 Å². The Kier molecular flexibility index (Phi) is 4.51. The summed E-state index contributed by atoms with van der Waals surface area (Å²) >= 11 is 0. The van der Waals surface area contributed by atoms with Gasteiger partial charge in [-0.05, 0) is 37.8 Å². The summed E-state index contributed by atoms with van der Waals surface area (Å²) in [4.78, 5) is 13.0. The van der Waals surface area contributed by atoms with Crippen LogP contribution in [-0.4, -0.2) is 35.0 Å². The van der Waals surface area contributed by atoms with Crippen LogP contribution in [0.1, 0.15) is 37.7 Å². The molecule has 0 bridgehead atoms. The van der Waals surface area contributed by atoms with Gasteiger partial charge in [0, 0.05) is 37.3 Å². The molecule has 3 rings (SSSR count). The normalized spacial score (nSPS) is 23.1. The van der Waals surface area contributed by atoms with Gasteiger partial charge >= 0.3 is 0 Å². The highest BCUT2D eigenvalue weighted by Gasteiger charge is 2.26. The first-order chi connectivity index (χ1) is 10.2. The molecule has 5 nitrogen and oxygen atoms in total. The van der Waals surface area contributed by atoms with E-state index in [0.29, 0.717) is 6.04 Å². The third-order valence-corrected chi connectivity index (χ3v) is 4.48. The minimum Gasteiger partial charge on any atom is -0.312 e. The molecule has 5 heteroatoms. The Labute approximate surface area is 125 Å². The summed E-state index contributed by atoms with van der Waals surface area (Å²) in [5.74, 6) is 0. The number of hydrogen-bond acceptors (Lipinski definition) is 4. The average molecular weight is 289 g/mol. The Bertz CT molecular complexity index is 502. The summed E-state index contributed by atoms with van der Waals surface area (Å²) in [6, 6.07) is 8.36. The van der Waals surface area contributed by atoms with Crippen molar-refractivity contribution in [2.75, 3.05) is 13.1 Å². The van der Waals surface area contributed by atoms with Gasteiger partial charge in [-0.3, -0.25) is 15.0 Å². The van der Waals surface area contributed by atoms with Crippen molar-refractivity contribution in [3.63, 3.8) is 0 Å². The quantitative estimate of drug-likeness (QED) is 0.646. The Balaban J connectivity index is 1.62. The fraction of sp³-hybridized carbons (Fsp3) is 0.625. The number of benzene rings is 1. The van der Waals surface area contributed by atoms with Crippen LogP contribution >= 0.6 is 0 Å². The van der Waals surface area contributed by atoms with Crippen molar-refractivity contribution < 1.29 is 4.92 Å². The molecular weight excluding hydrogens is 266 g/mol. The van der Waals surface area contributed by atoms with Crippen LogP contribution in [0.5, 0.6) is 0 Å². The summed E-state index contributed by atoms with van der Waals surface area (Å²) in [7, 11) is 0. The zero-order valence-electron chi connectivity index (χ0n) is 12.3. The number of nitro groups is 1. The molecule has 0 amide bonds. The van der Waals surface area contributed by atoms with Gasteiger partial charge in [0.05, 0.1) is 4.92 Å². The minimum absolute atomic E-state index is 0.192. The largest absolute Gasteiger partial charge is 0.312 e. The fourth-order valence-electron chi connectivity index (χ4n) is 3.09. The lowest BCUT2D eigenvalue weighted by Gasteiger charge is -2.36. The van der Waals surface area contributed by atoms with Crippen molar-refractivity contribution in [3.8, 4) is 0 Å². The second-order valence-corrected chi connectivity index (χ2v) is 6.23. The standard InChI is InChI=1S/C16H23N3O2/c20-19(21)15-6-3-4-13(10-15)12-18-9-2-1-5-16(18)11-17-14-7-8-14/h3-4,6,10,14,16-17H,1-2,5,7-9,11-12H2. The van der Waals surface area contributed by atoms with E-state index in [1.807, 2.05) is 6.07 Å². The van der Waals surface area contributed by atoms with Gasteiger partial charge in [-0.2, -0.15) is 0 Å². The second kappa shape index (κ2) is 6.54. The number of nitrogens with zero attached hydrogens (tertiary/aromatic N) is 2. The highest BCUT2D eigenvalue weighted by molar-refractivity contribution is 5.34. The van der Waals surface area contributed by atoms with Gasteiger partial charge < -0.3 is 5.32 Å². The minimum atomic E-state index is -0.314. The van der Waals surface area contributed by atoms with E-state index in [2.05, 4.69) is 10.2 Å². The zero-order valence-corrected chi connectivity index (χ0v) is 12.3. The molecule has 0 spiro atoms. The molecule has 1 N–H and O–H groups in total. The smallest absolute Gasteiger partial charge is 0.269 e. The maximum atomic E-state index is 10.9. The Morgan fingerprint density at radius 3 is 2.90 bits per heavy atom. The van der Waals surface area contributed by atoms with Gasteiger partial charge in [0.25, 0.3) is 5.69 Å². The zero-order chi connectivity index (χ0) is 14.7. The van der Waals surface area contributed by atoms with E-state index in [1.165, 1.54) is 32.1 Å². The summed E-state index contributed by atoms with van der Waals surface area (Å²) in [5.41, 5.74) is 1.24. The lowest BCUT2D eigenvalue weighted by Crippen LogP contribution is -2.45. The predicted molar refractivity (Wildman–Crippen MR) is 82.2 cm³/mol. The summed E-state index contributed by atoms with van der Waals surface area (Å²) in [6.45, 7) is 2.97. The lowest BCUT2D eigenvalue weighted by atomic mass is 10.0.